The number of aliphatic hydroxyl groups excluding tert-OH is 2. The molecule has 0 bridgehead atoms. The number of hydrogen-bond donors (Lipinski definition) is 4. The second kappa shape index (κ2) is 4.78. The van der Waals surface area contributed by atoms with Gasteiger partial charge in [0.05, 0.1) is 13.2 Å². The number of aliphatic hydroxyl groups is 2. The zero-order chi connectivity index (χ0) is 8.91. The minimum atomic E-state index is -4.69. The lowest BCUT2D eigenvalue weighted by Gasteiger charge is -2.10. The van der Waals surface area contributed by atoms with Crippen LogP contribution in [0.1, 0.15) is 0 Å². The van der Waals surface area contributed by atoms with Crippen molar-refractivity contribution >= 4 is 7.82 Å². The maximum Gasteiger partial charge on any atom is 0.496 e. The van der Waals surface area contributed by atoms with Crippen LogP contribution in [0.5, 0.6) is 0 Å². The van der Waals surface area contributed by atoms with Crippen molar-refractivity contribution in [3.8, 4) is 0 Å². The van der Waals surface area contributed by atoms with E-state index in [9.17, 15) is 4.57 Å². The molecule has 0 unspecified atom stereocenters. The van der Waals surface area contributed by atoms with Crippen molar-refractivity contribution in [1.29, 1.82) is 0 Å². The highest BCUT2D eigenvalue weighted by atomic mass is 31.2. The second-order valence-corrected chi connectivity index (χ2v) is 2.78. The first-order valence-corrected chi connectivity index (χ1v) is 4.15. The molecule has 0 saturated carbocycles. The van der Waals surface area contributed by atoms with Gasteiger partial charge in [0.25, 0.3) is 0 Å². The Hall–Kier alpha value is -0.0100. The van der Waals surface area contributed by atoms with Crippen LogP contribution in [0.2, 0.25) is 0 Å². The highest BCUT2D eigenvalue weighted by Crippen LogP contribution is 2.36. The lowest BCUT2D eigenvalue weighted by molar-refractivity contribution is -0.270. The fraction of sp³-hybridized carbons (Fsp3) is 1.00. The van der Waals surface area contributed by atoms with E-state index < -0.39 is 27.1 Å². The Balaban J connectivity index is 3.59. The average Bonchev–Trinajstić information content (AvgIpc) is 1.88. The minimum absolute atomic E-state index is 0.587. The molecular formula is C3H9O7P. The molecule has 11 heavy (non-hydrogen) atoms. The fourth-order valence-corrected chi connectivity index (χ4v) is 0.469. The van der Waals surface area contributed by atoms with E-state index in [4.69, 9.17) is 20.0 Å². The molecule has 0 aromatic rings. The monoisotopic (exact) mass is 188 g/mol. The van der Waals surface area contributed by atoms with Crippen LogP contribution in [-0.4, -0.2) is 39.3 Å². The molecule has 68 valence electrons. The molecule has 0 aliphatic heterocycles. The summed E-state index contributed by atoms with van der Waals surface area (Å²) in [5.74, 6) is 0. The zero-order valence-corrected chi connectivity index (χ0v) is 6.35. The molecule has 4 N–H and O–H groups in total. The van der Waals surface area contributed by atoms with Gasteiger partial charge in [0, 0.05) is 0 Å². The van der Waals surface area contributed by atoms with Crippen LogP contribution in [0.3, 0.4) is 0 Å². The van der Waals surface area contributed by atoms with Crippen molar-refractivity contribution in [1.82, 2.24) is 0 Å². The third-order valence-electron chi connectivity index (χ3n) is 0.683. The summed E-state index contributed by atoms with van der Waals surface area (Å²) in [5, 5.41) is 16.6. The van der Waals surface area contributed by atoms with Gasteiger partial charge in [-0.15, -0.1) is 4.67 Å². The fourth-order valence-electron chi connectivity index (χ4n) is 0.236. The maximum absolute atomic E-state index is 9.95. The first-order chi connectivity index (χ1) is 4.99. The summed E-state index contributed by atoms with van der Waals surface area (Å²) in [6.07, 6.45) is -1.14. The summed E-state index contributed by atoms with van der Waals surface area (Å²) in [4.78, 5) is 20.1. The molecule has 7 nitrogen and oxygen atoms in total. The van der Waals surface area contributed by atoms with Crippen LogP contribution in [0.4, 0.5) is 0 Å². The molecule has 8 heteroatoms. The normalized spacial score (nSPS) is 12.5. The SMILES string of the molecule is O=P(O)(O)OOC(CO)CO. The lowest BCUT2D eigenvalue weighted by Crippen LogP contribution is -2.21. The Bertz CT molecular complexity index is 137. The van der Waals surface area contributed by atoms with Crippen molar-refractivity contribution in [3.05, 3.63) is 0 Å². The Morgan fingerprint density at radius 3 is 2.00 bits per heavy atom. The van der Waals surface area contributed by atoms with Crippen molar-refractivity contribution in [2.45, 2.75) is 6.10 Å². The number of rotatable bonds is 5. The van der Waals surface area contributed by atoms with E-state index in [0.29, 0.717) is 0 Å². The van der Waals surface area contributed by atoms with Gasteiger partial charge in [-0.25, -0.2) is 9.45 Å². The van der Waals surface area contributed by atoms with E-state index in [0.717, 1.165) is 0 Å². The van der Waals surface area contributed by atoms with Crippen LogP contribution in [0.15, 0.2) is 0 Å². The van der Waals surface area contributed by atoms with Crippen molar-refractivity contribution in [2.75, 3.05) is 13.2 Å². The molecular weight excluding hydrogens is 179 g/mol. The molecule has 0 atom stereocenters. The third-order valence-corrected chi connectivity index (χ3v) is 0.964. The number of hydrogen-bond acceptors (Lipinski definition) is 5. The first-order valence-electron chi connectivity index (χ1n) is 2.62. The van der Waals surface area contributed by atoms with Crippen LogP contribution in [0.25, 0.3) is 0 Å². The summed E-state index contributed by atoms with van der Waals surface area (Å²) in [6.45, 7) is -1.17. The molecule has 0 radical (unpaired) electrons. The second-order valence-electron chi connectivity index (χ2n) is 1.65. The Morgan fingerprint density at radius 1 is 1.27 bits per heavy atom. The van der Waals surface area contributed by atoms with Crippen molar-refractivity contribution < 1.29 is 34.1 Å². The van der Waals surface area contributed by atoms with Crippen molar-refractivity contribution in [2.24, 2.45) is 0 Å². The summed E-state index contributed by atoms with van der Waals surface area (Å²) in [7, 11) is -4.69. The van der Waals surface area contributed by atoms with Crippen LogP contribution >= 0.6 is 7.82 Å². The molecule has 0 amide bonds. The van der Waals surface area contributed by atoms with Crippen LogP contribution in [0, 0.1) is 0 Å². The third kappa shape index (κ3) is 6.39. The summed E-state index contributed by atoms with van der Waals surface area (Å²) in [6, 6.07) is 0. The van der Waals surface area contributed by atoms with Gasteiger partial charge in [0.15, 0.2) is 0 Å². The average molecular weight is 188 g/mol. The quantitative estimate of drug-likeness (QED) is 0.232. The molecule has 0 fully saturated rings. The van der Waals surface area contributed by atoms with Gasteiger partial charge in [-0.1, -0.05) is 0 Å². The van der Waals surface area contributed by atoms with Gasteiger partial charge < -0.3 is 20.0 Å². The van der Waals surface area contributed by atoms with E-state index in [-0.39, 0.29) is 0 Å². The van der Waals surface area contributed by atoms with Gasteiger partial charge >= 0.3 is 7.82 Å². The van der Waals surface area contributed by atoms with Crippen LogP contribution < -0.4 is 0 Å². The summed E-state index contributed by atoms with van der Waals surface area (Å²) >= 11 is 0. The first kappa shape index (κ1) is 11.0. The predicted molar refractivity (Wildman–Crippen MR) is 32.2 cm³/mol. The van der Waals surface area contributed by atoms with Gasteiger partial charge in [0.1, 0.15) is 6.10 Å². The van der Waals surface area contributed by atoms with Crippen LogP contribution in [-0.2, 0) is 14.1 Å². The highest BCUT2D eigenvalue weighted by Gasteiger charge is 2.18. The molecule has 0 aliphatic carbocycles. The van der Waals surface area contributed by atoms with Gasteiger partial charge in [-0.05, 0) is 0 Å². The topological polar surface area (TPSA) is 116 Å². The van der Waals surface area contributed by atoms with E-state index in [2.05, 4.69) is 9.56 Å². The molecule has 0 aliphatic rings. The van der Waals surface area contributed by atoms with E-state index >= 15 is 0 Å². The maximum atomic E-state index is 9.95. The Morgan fingerprint density at radius 2 is 1.73 bits per heavy atom. The molecule has 0 heterocycles. The molecule has 0 aromatic carbocycles. The molecule has 0 aromatic heterocycles. The van der Waals surface area contributed by atoms with Gasteiger partial charge in [0.2, 0.25) is 0 Å². The van der Waals surface area contributed by atoms with E-state index in [1.165, 1.54) is 0 Å². The molecule has 0 spiro atoms. The highest BCUT2D eigenvalue weighted by molar-refractivity contribution is 7.46. The van der Waals surface area contributed by atoms with E-state index in [1.807, 2.05) is 0 Å². The Kier molecular flexibility index (Phi) is 4.78. The lowest BCUT2D eigenvalue weighted by atomic mass is 10.4. The standard InChI is InChI=1S/C3H9O7P/c4-1-3(2-5)9-10-11(6,7)8/h3-5H,1-2H2,(H2,6,7,8). The molecule has 0 saturated heterocycles. The van der Waals surface area contributed by atoms with Crippen molar-refractivity contribution in [3.63, 3.8) is 0 Å². The van der Waals surface area contributed by atoms with Gasteiger partial charge in [-0.2, -0.15) is 0 Å². The smallest absolute Gasteiger partial charge is 0.393 e. The minimum Gasteiger partial charge on any atom is -0.393 e. The Labute approximate surface area is 62.4 Å². The molecule has 0 rings (SSSR count). The van der Waals surface area contributed by atoms with Gasteiger partial charge in [-0.3, -0.25) is 0 Å². The summed E-state index contributed by atoms with van der Waals surface area (Å²) in [5.41, 5.74) is 0. The number of phosphoric acid groups is 1. The predicted octanol–water partition coefficient (Wildman–Crippen LogP) is -1.62. The van der Waals surface area contributed by atoms with E-state index in [1.54, 1.807) is 0 Å². The summed E-state index contributed by atoms with van der Waals surface area (Å²) < 4.78 is 13.5. The zero-order valence-electron chi connectivity index (χ0n) is 5.45. The largest absolute Gasteiger partial charge is 0.496 e.